The Bertz CT molecular complexity index is 611. The van der Waals surface area contributed by atoms with Crippen LogP contribution in [0.25, 0.3) is 0 Å². The molecule has 0 heterocycles. The second kappa shape index (κ2) is 7.45. The Morgan fingerprint density at radius 1 is 1.14 bits per heavy atom. The summed E-state index contributed by atoms with van der Waals surface area (Å²) in [6.07, 6.45) is 0.937. The fourth-order valence-corrected chi connectivity index (χ4v) is 1.98. The first-order chi connectivity index (χ1) is 10.2. The Hall–Kier alpha value is -2.33. The van der Waals surface area contributed by atoms with Crippen LogP contribution < -0.4 is 15.8 Å². The molecular formula is C17H20N2O2. The van der Waals surface area contributed by atoms with E-state index in [9.17, 15) is 4.79 Å². The van der Waals surface area contributed by atoms with Gasteiger partial charge in [0.2, 0.25) is 0 Å². The summed E-state index contributed by atoms with van der Waals surface area (Å²) in [5.41, 5.74) is 8.52. The van der Waals surface area contributed by atoms with Gasteiger partial charge in [0.05, 0.1) is 0 Å². The van der Waals surface area contributed by atoms with Crippen molar-refractivity contribution in [3.63, 3.8) is 0 Å². The van der Waals surface area contributed by atoms with E-state index in [0.717, 1.165) is 17.7 Å². The fraction of sp³-hybridized carbons (Fsp3) is 0.235. The number of nitrogens with two attached hydrogens (primary N) is 1. The zero-order valence-corrected chi connectivity index (χ0v) is 12.1. The van der Waals surface area contributed by atoms with Crippen LogP contribution in [0.4, 0.5) is 5.69 Å². The molecular weight excluding hydrogens is 264 g/mol. The number of anilines is 1. The highest BCUT2D eigenvalue weighted by Gasteiger charge is 2.04. The second-order valence-corrected chi connectivity index (χ2v) is 4.74. The lowest BCUT2D eigenvalue weighted by molar-refractivity contribution is -0.118. The number of hydrogen-bond donors (Lipinski definition) is 2. The lowest BCUT2D eigenvalue weighted by Crippen LogP contribution is -2.20. The molecule has 0 radical (unpaired) electrons. The van der Waals surface area contributed by atoms with Crippen molar-refractivity contribution in [2.45, 2.75) is 19.9 Å². The van der Waals surface area contributed by atoms with E-state index in [1.165, 1.54) is 5.56 Å². The van der Waals surface area contributed by atoms with Gasteiger partial charge in [0.1, 0.15) is 5.75 Å². The molecule has 0 atom stereocenters. The predicted octanol–water partition coefficient (Wildman–Crippen LogP) is 2.73. The van der Waals surface area contributed by atoms with Gasteiger partial charge in [-0.05, 0) is 41.8 Å². The number of carbonyl (C=O) groups is 1. The number of ether oxygens (including phenoxy) is 1. The summed E-state index contributed by atoms with van der Waals surface area (Å²) >= 11 is 0. The van der Waals surface area contributed by atoms with Crippen LogP contribution in [0.15, 0.2) is 48.5 Å². The van der Waals surface area contributed by atoms with Crippen molar-refractivity contribution in [3.05, 3.63) is 59.7 Å². The molecule has 4 heteroatoms. The zero-order chi connectivity index (χ0) is 15.1. The van der Waals surface area contributed by atoms with Gasteiger partial charge in [-0.15, -0.1) is 0 Å². The number of amides is 1. The molecule has 0 fully saturated rings. The van der Waals surface area contributed by atoms with E-state index >= 15 is 0 Å². The van der Waals surface area contributed by atoms with Gasteiger partial charge >= 0.3 is 0 Å². The van der Waals surface area contributed by atoms with Crippen molar-refractivity contribution < 1.29 is 9.53 Å². The first kappa shape index (κ1) is 15.1. The van der Waals surface area contributed by atoms with E-state index in [1.54, 1.807) is 0 Å². The highest BCUT2D eigenvalue weighted by atomic mass is 16.5. The van der Waals surface area contributed by atoms with E-state index in [2.05, 4.69) is 12.2 Å². The van der Waals surface area contributed by atoms with Crippen LogP contribution in [-0.2, 0) is 17.8 Å². The molecule has 0 bridgehead atoms. The fourth-order valence-electron chi connectivity index (χ4n) is 1.98. The summed E-state index contributed by atoms with van der Waals surface area (Å²) in [5.74, 6) is 0.469. The maximum absolute atomic E-state index is 11.9. The van der Waals surface area contributed by atoms with Gasteiger partial charge in [-0.3, -0.25) is 4.79 Å². The van der Waals surface area contributed by atoms with Crippen molar-refractivity contribution in [2.24, 2.45) is 5.73 Å². The molecule has 0 saturated heterocycles. The average molecular weight is 284 g/mol. The quantitative estimate of drug-likeness (QED) is 0.857. The maximum atomic E-state index is 11.9. The Kier molecular flexibility index (Phi) is 5.35. The van der Waals surface area contributed by atoms with Gasteiger partial charge in [-0.2, -0.15) is 0 Å². The molecule has 1 amide bonds. The molecule has 21 heavy (non-hydrogen) atoms. The first-order valence-corrected chi connectivity index (χ1v) is 7.02. The topological polar surface area (TPSA) is 64.3 Å². The van der Waals surface area contributed by atoms with Gasteiger partial charge < -0.3 is 15.8 Å². The molecule has 0 aliphatic carbocycles. The van der Waals surface area contributed by atoms with E-state index in [1.807, 2.05) is 48.5 Å². The molecule has 0 aliphatic rings. The highest BCUT2D eigenvalue weighted by Crippen LogP contribution is 2.14. The van der Waals surface area contributed by atoms with Crippen molar-refractivity contribution in [3.8, 4) is 5.75 Å². The monoisotopic (exact) mass is 284 g/mol. The number of benzene rings is 2. The molecule has 2 rings (SSSR count). The first-order valence-electron chi connectivity index (χ1n) is 7.02. The predicted molar refractivity (Wildman–Crippen MR) is 84.3 cm³/mol. The molecule has 2 aromatic carbocycles. The smallest absolute Gasteiger partial charge is 0.262 e. The summed E-state index contributed by atoms with van der Waals surface area (Å²) < 4.78 is 5.47. The molecule has 0 saturated carbocycles. The lowest BCUT2D eigenvalue weighted by Gasteiger charge is -2.09. The average Bonchev–Trinajstić information content (AvgIpc) is 2.53. The zero-order valence-electron chi connectivity index (χ0n) is 12.1. The van der Waals surface area contributed by atoms with Gasteiger partial charge in [-0.1, -0.05) is 31.2 Å². The minimum absolute atomic E-state index is 0.0234. The summed E-state index contributed by atoms with van der Waals surface area (Å²) in [5, 5.41) is 2.83. The van der Waals surface area contributed by atoms with E-state index in [4.69, 9.17) is 10.5 Å². The lowest BCUT2D eigenvalue weighted by atomic mass is 10.1. The highest BCUT2D eigenvalue weighted by molar-refractivity contribution is 5.91. The van der Waals surface area contributed by atoms with Crippen LogP contribution in [-0.4, -0.2) is 12.5 Å². The van der Waals surface area contributed by atoms with Gasteiger partial charge in [0.15, 0.2) is 6.61 Å². The van der Waals surface area contributed by atoms with Crippen LogP contribution in [0.2, 0.25) is 0 Å². The van der Waals surface area contributed by atoms with Crippen LogP contribution in [0.1, 0.15) is 18.1 Å². The number of hydrogen-bond acceptors (Lipinski definition) is 3. The van der Waals surface area contributed by atoms with Gasteiger partial charge in [0.25, 0.3) is 5.91 Å². The molecule has 4 nitrogen and oxygen atoms in total. The van der Waals surface area contributed by atoms with Gasteiger partial charge in [0, 0.05) is 12.2 Å². The molecule has 0 spiro atoms. The second-order valence-electron chi connectivity index (χ2n) is 4.74. The molecule has 2 aromatic rings. The molecule has 3 N–H and O–H groups in total. The molecule has 0 unspecified atom stereocenters. The third kappa shape index (κ3) is 4.61. The van der Waals surface area contributed by atoms with E-state index in [-0.39, 0.29) is 12.5 Å². The minimum atomic E-state index is -0.179. The summed E-state index contributed by atoms with van der Waals surface area (Å²) in [7, 11) is 0. The molecule has 110 valence electrons. The van der Waals surface area contributed by atoms with Crippen LogP contribution in [0.5, 0.6) is 5.75 Å². The normalized spacial score (nSPS) is 10.2. The summed E-state index contributed by atoms with van der Waals surface area (Å²) in [6.45, 7) is 2.51. The van der Waals surface area contributed by atoms with E-state index in [0.29, 0.717) is 12.3 Å². The largest absolute Gasteiger partial charge is 0.484 e. The number of nitrogens with one attached hydrogen (secondary N) is 1. The van der Waals surface area contributed by atoms with Crippen LogP contribution in [0.3, 0.4) is 0 Å². The molecule has 0 aliphatic heterocycles. The standard InChI is InChI=1S/C17H20N2O2/c1-2-13-5-3-7-15(9-13)19-17(20)12-21-16-8-4-6-14(10-16)11-18/h3-10H,2,11-12,18H2,1H3,(H,19,20). The summed E-state index contributed by atoms with van der Waals surface area (Å²) in [6, 6.07) is 15.2. The third-order valence-corrected chi connectivity index (χ3v) is 3.12. The third-order valence-electron chi connectivity index (χ3n) is 3.12. The maximum Gasteiger partial charge on any atom is 0.262 e. The number of aryl methyl sites for hydroxylation is 1. The summed E-state index contributed by atoms with van der Waals surface area (Å²) in [4.78, 5) is 11.9. The minimum Gasteiger partial charge on any atom is -0.484 e. The Morgan fingerprint density at radius 2 is 1.90 bits per heavy atom. The van der Waals surface area contributed by atoms with Crippen molar-refractivity contribution in [2.75, 3.05) is 11.9 Å². The molecule has 0 aromatic heterocycles. The van der Waals surface area contributed by atoms with Crippen molar-refractivity contribution >= 4 is 11.6 Å². The number of carbonyl (C=O) groups excluding carboxylic acids is 1. The Balaban J connectivity index is 1.89. The van der Waals surface area contributed by atoms with Crippen LogP contribution in [0, 0.1) is 0 Å². The Labute approximate surface area is 124 Å². The number of rotatable bonds is 6. The van der Waals surface area contributed by atoms with Crippen molar-refractivity contribution in [1.29, 1.82) is 0 Å². The van der Waals surface area contributed by atoms with E-state index < -0.39 is 0 Å². The Morgan fingerprint density at radius 3 is 2.67 bits per heavy atom. The SMILES string of the molecule is CCc1cccc(NC(=O)COc2cccc(CN)c2)c1. The van der Waals surface area contributed by atoms with Gasteiger partial charge in [-0.25, -0.2) is 0 Å². The van der Waals surface area contributed by atoms with Crippen LogP contribution >= 0.6 is 0 Å². The van der Waals surface area contributed by atoms with Crippen molar-refractivity contribution in [1.82, 2.24) is 0 Å².